The summed E-state index contributed by atoms with van der Waals surface area (Å²) in [6.07, 6.45) is 4.62. The first-order valence-corrected chi connectivity index (χ1v) is 14.5. The average Bonchev–Trinajstić information content (AvgIpc) is 3.68. The van der Waals surface area contributed by atoms with Crippen molar-refractivity contribution in [2.75, 3.05) is 30.4 Å². The van der Waals surface area contributed by atoms with E-state index in [0.29, 0.717) is 34.4 Å². The highest BCUT2D eigenvalue weighted by molar-refractivity contribution is 6.31. The maximum atomic E-state index is 16.5. The summed E-state index contributed by atoms with van der Waals surface area (Å²) in [4.78, 5) is 47.9. The molecule has 3 aliphatic heterocycles. The number of aliphatic imine (C=N–C) groups is 1. The average molecular weight is 612 g/mol. The van der Waals surface area contributed by atoms with Crippen molar-refractivity contribution in [1.82, 2.24) is 4.90 Å². The minimum atomic E-state index is -1.35. The van der Waals surface area contributed by atoms with Crippen LogP contribution >= 0.6 is 23.2 Å². The van der Waals surface area contributed by atoms with Gasteiger partial charge in [-0.05, 0) is 66.8 Å². The van der Waals surface area contributed by atoms with Gasteiger partial charge in [0.05, 0.1) is 24.5 Å². The van der Waals surface area contributed by atoms with E-state index in [9.17, 15) is 14.4 Å². The number of esters is 1. The Balaban J connectivity index is 1.45. The Bertz CT molecular complexity index is 1540. The number of anilines is 2. The SMILES string of the molecule is C=C(Cl)N=C/C=C(\F)[C@H]1[C@@H]2C(=O)N(c3ccc(C(=O)OC)cc3)C[C@@H]2N(CC2CC2)[C@]12Cc1ccc(Cl)cc1NC2=O. The van der Waals surface area contributed by atoms with E-state index in [1.165, 1.54) is 19.4 Å². The molecule has 2 aromatic rings. The molecule has 1 N–H and O–H groups in total. The van der Waals surface area contributed by atoms with Gasteiger partial charge in [-0.15, -0.1) is 0 Å². The van der Waals surface area contributed by atoms with Gasteiger partial charge in [0.2, 0.25) is 11.8 Å². The Labute approximate surface area is 252 Å². The van der Waals surface area contributed by atoms with Gasteiger partial charge in [-0.3, -0.25) is 14.5 Å². The zero-order valence-electron chi connectivity index (χ0n) is 22.9. The molecular weight excluding hydrogens is 582 g/mol. The van der Waals surface area contributed by atoms with Crippen LogP contribution in [0.1, 0.15) is 28.8 Å². The Hall–Kier alpha value is -3.53. The third-order valence-corrected chi connectivity index (χ3v) is 9.13. The summed E-state index contributed by atoms with van der Waals surface area (Å²) in [6.45, 7) is 4.34. The summed E-state index contributed by atoms with van der Waals surface area (Å²) in [5.74, 6) is -3.33. The lowest BCUT2D eigenvalue weighted by atomic mass is 9.72. The van der Waals surface area contributed by atoms with E-state index < -0.39 is 35.2 Å². The van der Waals surface area contributed by atoms with Gasteiger partial charge in [0.1, 0.15) is 16.5 Å². The van der Waals surface area contributed by atoms with Gasteiger partial charge >= 0.3 is 5.97 Å². The molecule has 218 valence electrons. The highest BCUT2D eigenvalue weighted by Gasteiger charge is 2.69. The minimum Gasteiger partial charge on any atom is -0.465 e. The molecule has 11 heteroatoms. The van der Waals surface area contributed by atoms with Gasteiger partial charge in [0.25, 0.3) is 0 Å². The van der Waals surface area contributed by atoms with Crippen molar-refractivity contribution in [3.8, 4) is 0 Å². The zero-order chi connectivity index (χ0) is 29.8. The first-order valence-electron chi connectivity index (χ1n) is 13.7. The lowest BCUT2D eigenvalue weighted by Gasteiger charge is -2.46. The predicted octanol–water partition coefficient (Wildman–Crippen LogP) is 5.37. The largest absolute Gasteiger partial charge is 0.465 e. The van der Waals surface area contributed by atoms with Crippen molar-refractivity contribution >= 4 is 58.6 Å². The molecular formula is C31H29Cl2FN4O4. The van der Waals surface area contributed by atoms with Crippen molar-refractivity contribution in [3.05, 3.63) is 82.3 Å². The monoisotopic (exact) mass is 610 g/mol. The molecule has 4 aliphatic rings. The summed E-state index contributed by atoms with van der Waals surface area (Å²) in [6, 6.07) is 11.4. The second-order valence-corrected chi connectivity index (χ2v) is 12.1. The number of ether oxygens (including phenoxy) is 1. The second kappa shape index (κ2) is 10.9. The summed E-state index contributed by atoms with van der Waals surface area (Å²) >= 11 is 12.0. The number of benzene rings is 2. The van der Waals surface area contributed by atoms with E-state index in [-0.39, 0.29) is 29.9 Å². The summed E-state index contributed by atoms with van der Waals surface area (Å²) in [7, 11) is 1.30. The van der Waals surface area contributed by atoms with Gasteiger partial charge in [-0.2, -0.15) is 0 Å². The standard InChI is InChI=1S/C31H29Cl2FN4O4/c1-17(32)35-12-11-23(34)27-26-25(16-37(28(26)39)22-9-6-19(7-10-22)29(40)42-2)38(15-18-3-4-18)31(27)14-20-5-8-21(33)13-24(20)36-30(31)41/h5-13,18,25-27H,1,3-4,14-16H2,2H3,(H,36,41)/b23-11-,35-12?/t25-,26+,27-,31+/m0/s1. The van der Waals surface area contributed by atoms with Crippen molar-refractivity contribution in [2.24, 2.45) is 22.7 Å². The molecule has 0 radical (unpaired) electrons. The number of amides is 2. The van der Waals surface area contributed by atoms with E-state index in [0.717, 1.165) is 18.4 Å². The highest BCUT2D eigenvalue weighted by atomic mass is 35.5. The van der Waals surface area contributed by atoms with Crippen molar-refractivity contribution in [3.63, 3.8) is 0 Å². The number of nitrogens with one attached hydrogen (secondary N) is 1. The van der Waals surface area contributed by atoms with Crippen LogP contribution in [0.25, 0.3) is 0 Å². The van der Waals surface area contributed by atoms with Crippen LogP contribution in [0.5, 0.6) is 0 Å². The number of hydrogen-bond acceptors (Lipinski definition) is 6. The Morgan fingerprint density at radius 3 is 2.64 bits per heavy atom. The number of rotatable bonds is 7. The second-order valence-electron chi connectivity index (χ2n) is 11.2. The van der Waals surface area contributed by atoms with E-state index in [1.54, 1.807) is 41.3 Å². The number of fused-ring (bicyclic) bond motifs is 2. The van der Waals surface area contributed by atoms with Crippen molar-refractivity contribution in [2.45, 2.75) is 30.8 Å². The number of carbonyl (C=O) groups excluding carboxylic acids is 3. The normalized spacial score (nSPS) is 27.4. The van der Waals surface area contributed by atoms with Gasteiger partial charge < -0.3 is 15.0 Å². The number of hydrogen-bond donors (Lipinski definition) is 1. The number of likely N-dealkylation sites (tertiary alicyclic amines) is 1. The molecule has 2 amide bonds. The molecule has 1 saturated carbocycles. The minimum absolute atomic E-state index is 0.0202. The molecule has 0 unspecified atom stereocenters. The van der Waals surface area contributed by atoms with Gasteiger partial charge in [-0.1, -0.05) is 35.8 Å². The Morgan fingerprint density at radius 2 is 1.98 bits per heavy atom. The van der Waals surface area contributed by atoms with Gasteiger partial charge in [0, 0.05) is 48.2 Å². The van der Waals surface area contributed by atoms with Crippen LogP contribution in [0.3, 0.4) is 0 Å². The van der Waals surface area contributed by atoms with Crippen molar-refractivity contribution < 1.29 is 23.5 Å². The fourth-order valence-electron chi connectivity index (χ4n) is 6.76. The zero-order valence-corrected chi connectivity index (χ0v) is 24.4. The molecule has 0 aromatic heterocycles. The summed E-state index contributed by atoms with van der Waals surface area (Å²) in [5.41, 5.74) is 0.999. The highest BCUT2D eigenvalue weighted by Crippen LogP contribution is 2.56. The third-order valence-electron chi connectivity index (χ3n) is 8.79. The smallest absolute Gasteiger partial charge is 0.337 e. The quantitative estimate of drug-likeness (QED) is 0.259. The predicted molar refractivity (Wildman–Crippen MR) is 160 cm³/mol. The fourth-order valence-corrected chi connectivity index (χ4v) is 6.99. The van der Waals surface area contributed by atoms with E-state index in [2.05, 4.69) is 21.8 Å². The van der Waals surface area contributed by atoms with E-state index >= 15 is 4.39 Å². The number of nitrogens with zero attached hydrogens (tertiary/aromatic N) is 3. The Kier molecular flexibility index (Phi) is 7.45. The Morgan fingerprint density at radius 1 is 1.24 bits per heavy atom. The summed E-state index contributed by atoms with van der Waals surface area (Å²) < 4.78 is 21.3. The first kappa shape index (κ1) is 28.6. The van der Waals surface area contributed by atoms with E-state index in [4.69, 9.17) is 27.9 Å². The molecule has 1 aliphatic carbocycles. The van der Waals surface area contributed by atoms with Crippen LogP contribution < -0.4 is 10.2 Å². The maximum absolute atomic E-state index is 16.5. The maximum Gasteiger partial charge on any atom is 0.337 e. The van der Waals surface area contributed by atoms with Crippen LogP contribution in [0.2, 0.25) is 5.02 Å². The van der Waals surface area contributed by atoms with Crippen LogP contribution in [-0.2, 0) is 20.7 Å². The number of halogens is 3. The third kappa shape index (κ3) is 4.83. The number of carbonyl (C=O) groups is 3. The molecule has 8 nitrogen and oxygen atoms in total. The molecule has 2 aromatic carbocycles. The lowest BCUT2D eigenvalue weighted by molar-refractivity contribution is -0.130. The summed E-state index contributed by atoms with van der Waals surface area (Å²) in [5, 5.41) is 3.45. The lowest BCUT2D eigenvalue weighted by Crippen LogP contribution is -2.63. The van der Waals surface area contributed by atoms with Crippen LogP contribution in [0, 0.1) is 17.8 Å². The molecule has 1 spiro atoms. The van der Waals surface area contributed by atoms with Crippen LogP contribution in [-0.4, -0.2) is 60.7 Å². The molecule has 3 heterocycles. The molecule has 6 rings (SSSR count). The van der Waals surface area contributed by atoms with Crippen LogP contribution in [0.4, 0.5) is 15.8 Å². The molecule has 4 atom stereocenters. The molecule has 0 bridgehead atoms. The van der Waals surface area contributed by atoms with Crippen LogP contribution in [0.15, 0.2) is 71.1 Å². The molecule has 42 heavy (non-hydrogen) atoms. The van der Waals surface area contributed by atoms with Gasteiger partial charge in [-0.25, -0.2) is 14.2 Å². The van der Waals surface area contributed by atoms with Crippen molar-refractivity contribution in [1.29, 1.82) is 0 Å². The first-order chi connectivity index (χ1) is 20.1. The van der Waals surface area contributed by atoms with E-state index in [1.807, 2.05) is 6.07 Å². The fraction of sp³-hybridized carbons (Fsp3) is 0.355. The molecule has 3 fully saturated rings. The number of allylic oxidation sites excluding steroid dienone is 1. The molecule has 2 saturated heterocycles. The topological polar surface area (TPSA) is 91.3 Å². The van der Waals surface area contributed by atoms with Gasteiger partial charge in [0.15, 0.2) is 0 Å². The number of methoxy groups -OCH3 is 1.